The third-order valence-electron chi connectivity index (χ3n) is 2.92. The van der Waals surface area contributed by atoms with Crippen molar-refractivity contribution in [2.75, 3.05) is 0 Å². The highest BCUT2D eigenvalue weighted by atomic mass is 35.5. The number of aromatic nitrogens is 2. The molecule has 6 heteroatoms. The van der Waals surface area contributed by atoms with Gasteiger partial charge in [-0.15, -0.1) is 11.6 Å². The molecule has 1 N–H and O–H groups in total. The zero-order valence-corrected chi connectivity index (χ0v) is 9.89. The number of hydrogen-bond donors (Lipinski definition) is 1. The van der Waals surface area contributed by atoms with Crippen molar-refractivity contribution in [1.82, 2.24) is 15.3 Å². The van der Waals surface area contributed by atoms with E-state index in [0.717, 1.165) is 5.52 Å². The molecule has 3 rings (SSSR count). The summed E-state index contributed by atoms with van der Waals surface area (Å²) in [4.78, 5) is 31.3. The van der Waals surface area contributed by atoms with Crippen LogP contribution in [-0.4, -0.2) is 27.2 Å². The lowest BCUT2D eigenvalue weighted by molar-refractivity contribution is -0.125. The molecule has 0 aliphatic carbocycles. The van der Waals surface area contributed by atoms with Crippen molar-refractivity contribution in [3.05, 3.63) is 36.2 Å². The molecular formula is C12H8ClN3O2. The van der Waals surface area contributed by atoms with Gasteiger partial charge in [-0.3, -0.25) is 24.9 Å². The molecule has 1 aromatic heterocycles. The molecule has 0 bridgehead atoms. The SMILES string of the molecule is O=C1NC(=O)C(c2ccc3nccnc3c2)C1Cl. The number of rotatable bonds is 1. The first kappa shape index (κ1) is 11.1. The molecule has 1 aliphatic rings. The van der Waals surface area contributed by atoms with E-state index in [1.54, 1.807) is 30.6 Å². The summed E-state index contributed by atoms with van der Waals surface area (Å²) >= 11 is 5.94. The Morgan fingerprint density at radius 2 is 1.78 bits per heavy atom. The normalized spacial score (nSPS) is 23.4. The van der Waals surface area contributed by atoms with Crippen molar-refractivity contribution in [2.24, 2.45) is 0 Å². The van der Waals surface area contributed by atoms with E-state index in [0.29, 0.717) is 11.1 Å². The molecule has 2 atom stereocenters. The van der Waals surface area contributed by atoms with E-state index in [9.17, 15) is 9.59 Å². The van der Waals surface area contributed by atoms with Gasteiger partial charge in [0.05, 0.1) is 17.0 Å². The molecule has 0 spiro atoms. The summed E-state index contributed by atoms with van der Waals surface area (Å²) in [6.45, 7) is 0. The second kappa shape index (κ2) is 4.03. The number of hydrogen-bond acceptors (Lipinski definition) is 4. The van der Waals surface area contributed by atoms with Crippen molar-refractivity contribution in [3.8, 4) is 0 Å². The van der Waals surface area contributed by atoms with Gasteiger partial charge in [0.25, 0.3) is 0 Å². The van der Waals surface area contributed by atoms with Crippen molar-refractivity contribution in [2.45, 2.75) is 11.3 Å². The number of benzene rings is 1. The maximum atomic E-state index is 11.7. The van der Waals surface area contributed by atoms with Gasteiger partial charge in [-0.1, -0.05) is 6.07 Å². The Kier molecular flexibility index (Phi) is 2.48. The first-order chi connectivity index (χ1) is 8.66. The molecule has 0 saturated carbocycles. The Bertz CT molecular complexity index is 659. The summed E-state index contributed by atoms with van der Waals surface area (Å²) in [5.74, 6) is -1.49. The molecule has 5 nitrogen and oxygen atoms in total. The fourth-order valence-electron chi connectivity index (χ4n) is 2.05. The summed E-state index contributed by atoms with van der Waals surface area (Å²) in [6, 6.07) is 5.24. The fourth-order valence-corrected chi connectivity index (χ4v) is 2.36. The Balaban J connectivity index is 2.09. The highest BCUT2D eigenvalue weighted by Crippen LogP contribution is 2.29. The highest BCUT2D eigenvalue weighted by molar-refractivity contribution is 6.37. The van der Waals surface area contributed by atoms with E-state index in [-0.39, 0.29) is 5.91 Å². The largest absolute Gasteiger partial charge is 0.295 e. The fraction of sp³-hybridized carbons (Fsp3) is 0.167. The number of imide groups is 1. The Morgan fingerprint density at radius 3 is 2.44 bits per heavy atom. The molecule has 2 heterocycles. The third-order valence-corrected chi connectivity index (χ3v) is 3.37. The lowest BCUT2D eigenvalue weighted by Crippen LogP contribution is -2.22. The Labute approximate surface area is 107 Å². The maximum absolute atomic E-state index is 11.7. The standard InChI is InChI=1S/C12H8ClN3O2/c13-10-9(11(17)16-12(10)18)6-1-2-7-8(5-6)15-4-3-14-7/h1-5,9-10H,(H,16,17,18). The van der Waals surface area contributed by atoms with Crippen LogP contribution in [0.25, 0.3) is 11.0 Å². The predicted octanol–water partition coefficient (Wildman–Crippen LogP) is 0.977. The molecule has 2 unspecified atom stereocenters. The third kappa shape index (κ3) is 1.64. The van der Waals surface area contributed by atoms with E-state index < -0.39 is 17.2 Å². The Morgan fingerprint density at radius 1 is 1.06 bits per heavy atom. The summed E-state index contributed by atoms with van der Waals surface area (Å²) in [7, 11) is 0. The van der Waals surface area contributed by atoms with E-state index >= 15 is 0 Å². The highest BCUT2D eigenvalue weighted by Gasteiger charge is 2.41. The molecule has 2 aromatic rings. The molecular weight excluding hydrogens is 254 g/mol. The number of nitrogens with one attached hydrogen (secondary N) is 1. The van der Waals surface area contributed by atoms with Crippen LogP contribution < -0.4 is 5.32 Å². The first-order valence-corrected chi connectivity index (χ1v) is 5.80. The number of amides is 2. The molecule has 1 fully saturated rings. The predicted molar refractivity (Wildman–Crippen MR) is 65.1 cm³/mol. The molecule has 90 valence electrons. The maximum Gasteiger partial charge on any atom is 0.245 e. The molecule has 2 amide bonds. The van der Waals surface area contributed by atoms with Crippen LogP contribution in [0.2, 0.25) is 0 Å². The van der Waals surface area contributed by atoms with Crippen molar-refractivity contribution < 1.29 is 9.59 Å². The molecule has 0 radical (unpaired) electrons. The minimum atomic E-state index is -0.869. The number of alkyl halides is 1. The van der Waals surface area contributed by atoms with E-state index in [4.69, 9.17) is 11.6 Å². The van der Waals surface area contributed by atoms with Crippen molar-refractivity contribution >= 4 is 34.4 Å². The van der Waals surface area contributed by atoms with Crippen molar-refractivity contribution in [3.63, 3.8) is 0 Å². The van der Waals surface area contributed by atoms with Gasteiger partial charge in [0.1, 0.15) is 5.38 Å². The summed E-state index contributed by atoms with van der Waals surface area (Å²) < 4.78 is 0. The number of nitrogens with zero attached hydrogens (tertiary/aromatic N) is 2. The van der Waals surface area contributed by atoms with Gasteiger partial charge in [0.15, 0.2) is 0 Å². The zero-order chi connectivity index (χ0) is 12.7. The van der Waals surface area contributed by atoms with Gasteiger partial charge < -0.3 is 0 Å². The number of fused-ring (bicyclic) bond motifs is 1. The van der Waals surface area contributed by atoms with Crippen LogP contribution in [0.3, 0.4) is 0 Å². The average Bonchev–Trinajstić information content (AvgIpc) is 2.63. The van der Waals surface area contributed by atoms with Crippen molar-refractivity contribution in [1.29, 1.82) is 0 Å². The van der Waals surface area contributed by atoms with Crippen LogP contribution in [0.1, 0.15) is 11.5 Å². The smallest absolute Gasteiger partial charge is 0.245 e. The van der Waals surface area contributed by atoms with Gasteiger partial charge in [0, 0.05) is 12.4 Å². The number of carbonyl (C=O) groups excluding carboxylic acids is 2. The Hall–Kier alpha value is -2.01. The van der Waals surface area contributed by atoms with Crippen LogP contribution in [0.4, 0.5) is 0 Å². The summed E-state index contributed by atoms with van der Waals surface area (Å²) in [5.41, 5.74) is 2.08. The average molecular weight is 262 g/mol. The first-order valence-electron chi connectivity index (χ1n) is 5.36. The second-order valence-electron chi connectivity index (χ2n) is 4.04. The van der Waals surface area contributed by atoms with E-state index in [2.05, 4.69) is 15.3 Å². The van der Waals surface area contributed by atoms with Crippen LogP contribution in [0.15, 0.2) is 30.6 Å². The summed E-state index contributed by atoms with van der Waals surface area (Å²) in [6.07, 6.45) is 3.17. The van der Waals surface area contributed by atoms with E-state index in [1.165, 1.54) is 0 Å². The van der Waals surface area contributed by atoms with Crippen LogP contribution in [0, 0.1) is 0 Å². The molecule has 1 aliphatic heterocycles. The number of carbonyl (C=O) groups is 2. The quantitative estimate of drug-likeness (QED) is 0.613. The van der Waals surface area contributed by atoms with Gasteiger partial charge >= 0.3 is 0 Å². The van der Waals surface area contributed by atoms with Gasteiger partial charge in [0.2, 0.25) is 11.8 Å². The summed E-state index contributed by atoms with van der Waals surface area (Å²) in [5, 5.41) is 1.35. The lowest BCUT2D eigenvalue weighted by atomic mass is 9.96. The molecule has 1 aromatic carbocycles. The zero-order valence-electron chi connectivity index (χ0n) is 9.13. The van der Waals surface area contributed by atoms with Gasteiger partial charge in [-0.25, -0.2) is 0 Å². The molecule has 1 saturated heterocycles. The van der Waals surface area contributed by atoms with E-state index in [1.807, 2.05) is 0 Å². The minimum Gasteiger partial charge on any atom is -0.295 e. The lowest BCUT2D eigenvalue weighted by Gasteiger charge is -2.10. The number of halogens is 1. The van der Waals surface area contributed by atoms with Crippen LogP contribution in [-0.2, 0) is 9.59 Å². The van der Waals surface area contributed by atoms with Crippen LogP contribution >= 0.6 is 11.6 Å². The van der Waals surface area contributed by atoms with Gasteiger partial charge in [-0.2, -0.15) is 0 Å². The topological polar surface area (TPSA) is 72.0 Å². The monoisotopic (exact) mass is 261 g/mol. The molecule has 18 heavy (non-hydrogen) atoms. The van der Waals surface area contributed by atoms with Gasteiger partial charge in [-0.05, 0) is 17.7 Å². The minimum absolute atomic E-state index is 0.372. The van der Waals surface area contributed by atoms with Crippen LogP contribution in [0.5, 0.6) is 0 Å². The second-order valence-corrected chi connectivity index (χ2v) is 4.51.